The highest BCUT2D eigenvalue weighted by Gasteiger charge is 1.95. The van der Waals surface area contributed by atoms with Crippen LogP contribution in [0.2, 0.25) is 0 Å². The predicted molar refractivity (Wildman–Crippen MR) is 52.3 cm³/mol. The van der Waals surface area contributed by atoms with Crippen molar-refractivity contribution in [3.05, 3.63) is 24.0 Å². The van der Waals surface area contributed by atoms with Crippen LogP contribution in [-0.4, -0.2) is 33.9 Å². The number of aromatic nitrogens is 2. The van der Waals surface area contributed by atoms with Crippen LogP contribution in [0.5, 0.6) is 0 Å². The van der Waals surface area contributed by atoms with Gasteiger partial charge in [-0.25, -0.2) is 0 Å². The molecule has 0 saturated carbocycles. The van der Waals surface area contributed by atoms with Gasteiger partial charge in [0.1, 0.15) is 0 Å². The van der Waals surface area contributed by atoms with E-state index in [0.717, 1.165) is 5.69 Å². The van der Waals surface area contributed by atoms with E-state index in [1.54, 1.807) is 30.1 Å². The molecule has 0 atom stereocenters. The van der Waals surface area contributed by atoms with Gasteiger partial charge >= 0.3 is 0 Å². The number of hydrogen-bond donors (Lipinski definition) is 2. The molecule has 1 amide bonds. The highest BCUT2D eigenvalue weighted by Crippen LogP contribution is 1.98. The highest BCUT2D eigenvalue weighted by atomic mass is 16.3. The maximum atomic E-state index is 11.1. The lowest BCUT2D eigenvalue weighted by Gasteiger charge is -1.97. The number of amides is 1. The van der Waals surface area contributed by atoms with Crippen molar-refractivity contribution in [1.29, 1.82) is 0 Å². The monoisotopic (exact) mass is 195 g/mol. The summed E-state index contributed by atoms with van der Waals surface area (Å²) in [6.45, 7) is 0.222. The van der Waals surface area contributed by atoms with E-state index < -0.39 is 0 Å². The van der Waals surface area contributed by atoms with Gasteiger partial charge in [-0.05, 0) is 12.1 Å². The Morgan fingerprint density at radius 1 is 1.79 bits per heavy atom. The minimum Gasteiger partial charge on any atom is -0.395 e. The molecule has 0 fully saturated rings. The lowest BCUT2D eigenvalue weighted by atomic mass is 10.3. The molecule has 0 unspecified atom stereocenters. The fraction of sp³-hybridized carbons (Fsp3) is 0.333. The lowest BCUT2D eigenvalue weighted by molar-refractivity contribution is -0.116. The summed E-state index contributed by atoms with van der Waals surface area (Å²) in [6.07, 6.45) is 4.73. The molecule has 5 nitrogen and oxygen atoms in total. The summed E-state index contributed by atoms with van der Waals surface area (Å²) in [5.74, 6) is -0.222. The average molecular weight is 195 g/mol. The molecule has 1 rings (SSSR count). The maximum Gasteiger partial charge on any atom is 0.244 e. The van der Waals surface area contributed by atoms with Crippen LogP contribution in [0, 0.1) is 0 Å². The quantitative estimate of drug-likeness (QED) is 0.639. The van der Waals surface area contributed by atoms with Crippen molar-refractivity contribution >= 4 is 12.0 Å². The van der Waals surface area contributed by atoms with Gasteiger partial charge in [-0.2, -0.15) is 5.10 Å². The van der Waals surface area contributed by atoms with E-state index in [4.69, 9.17) is 5.11 Å². The van der Waals surface area contributed by atoms with E-state index in [-0.39, 0.29) is 19.1 Å². The van der Waals surface area contributed by atoms with Crippen molar-refractivity contribution < 1.29 is 9.90 Å². The number of aliphatic hydroxyl groups excluding tert-OH is 1. The van der Waals surface area contributed by atoms with E-state index >= 15 is 0 Å². The Hall–Kier alpha value is -1.62. The lowest BCUT2D eigenvalue weighted by Crippen LogP contribution is -2.24. The largest absolute Gasteiger partial charge is 0.395 e. The molecule has 1 aromatic rings. The Balaban J connectivity index is 2.48. The fourth-order valence-electron chi connectivity index (χ4n) is 0.947. The number of carbonyl (C=O) groups is 1. The van der Waals surface area contributed by atoms with Gasteiger partial charge in [-0.1, -0.05) is 0 Å². The molecule has 76 valence electrons. The smallest absolute Gasteiger partial charge is 0.244 e. The van der Waals surface area contributed by atoms with Crippen LogP contribution in [0.25, 0.3) is 6.08 Å². The minimum atomic E-state index is -0.222. The predicted octanol–water partition coefficient (Wildman–Crippen LogP) is -0.458. The fourth-order valence-corrected chi connectivity index (χ4v) is 0.947. The van der Waals surface area contributed by atoms with Crippen LogP contribution in [0.15, 0.2) is 18.3 Å². The van der Waals surface area contributed by atoms with Crippen LogP contribution in [0.1, 0.15) is 5.69 Å². The minimum absolute atomic E-state index is 0.0503. The molecule has 0 bridgehead atoms. The van der Waals surface area contributed by atoms with Crippen molar-refractivity contribution in [1.82, 2.24) is 15.1 Å². The van der Waals surface area contributed by atoms with Crippen LogP contribution < -0.4 is 5.32 Å². The SMILES string of the molecule is Cn1nccc1/C=C/C(=O)NCCO. The molecule has 0 aromatic carbocycles. The van der Waals surface area contributed by atoms with Crippen molar-refractivity contribution in [3.8, 4) is 0 Å². The van der Waals surface area contributed by atoms with Gasteiger partial charge in [0.25, 0.3) is 0 Å². The first kappa shape index (κ1) is 10.5. The number of aliphatic hydroxyl groups is 1. The summed E-state index contributed by atoms with van der Waals surface area (Å²) in [4.78, 5) is 11.1. The van der Waals surface area contributed by atoms with E-state index in [9.17, 15) is 4.79 Å². The van der Waals surface area contributed by atoms with Gasteiger partial charge in [0.15, 0.2) is 0 Å². The summed E-state index contributed by atoms with van der Waals surface area (Å²) in [5, 5.41) is 14.9. The second-order valence-corrected chi connectivity index (χ2v) is 2.73. The maximum absolute atomic E-state index is 11.1. The molecule has 1 heterocycles. The number of rotatable bonds is 4. The van der Waals surface area contributed by atoms with Gasteiger partial charge < -0.3 is 10.4 Å². The molecule has 0 radical (unpaired) electrons. The molecule has 2 N–H and O–H groups in total. The number of aryl methyl sites for hydroxylation is 1. The van der Waals surface area contributed by atoms with Gasteiger partial charge in [0.2, 0.25) is 5.91 Å². The molecule has 0 aliphatic carbocycles. The Bertz CT molecular complexity index is 331. The second kappa shape index (κ2) is 5.18. The third-order valence-corrected chi connectivity index (χ3v) is 1.68. The van der Waals surface area contributed by atoms with Gasteiger partial charge in [0.05, 0.1) is 12.3 Å². The Kier molecular flexibility index (Phi) is 3.87. The summed E-state index contributed by atoms with van der Waals surface area (Å²) in [7, 11) is 1.80. The van der Waals surface area contributed by atoms with Crippen LogP contribution in [0.4, 0.5) is 0 Å². The third kappa shape index (κ3) is 3.02. The first-order chi connectivity index (χ1) is 6.74. The number of nitrogens with zero attached hydrogens (tertiary/aromatic N) is 2. The standard InChI is InChI=1S/C9H13N3O2/c1-12-8(4-5-11-12)2-3-9(14)10-6-7-13/h2-5,13H,6-7H2,1H3,(H,10,14)/b3-2+. The molecule has 0 aliphatic rings. The third-order valence-electron chi connectivity index (χ3n) is 1.68. The average Bonchev–Trinajstić information content (AvgIpc) is 2.58. The topological polar surface area (TPSA) is 67.2 Å². The van der Waals surface area contributed by atoms with Crippen LogP contribution >= 0.6 is 0 Å². The zero-order valence-electron chi connectivity index (χ0n) is 7.97. The zero-order valence-corrected chi connectivity index (χ0v) is 7.97. The van der Waals surface area contributed by atoms with Gasteiger partial charge in [-0.3, -0.25) is 9.48 Å². The molecule has 5 heteroatoms. The zero-order chi connectivity index (χ0) is 10.4. The summed E-state index contributed by atoms with van der Waals surface area (Å²) in [5.41, 5.74) is 0.851. The highest BCUT2D eigenvalue weighted by molar-refractivity contribution is 5.91. The van der Waals surface area contributed by atoms with E-state index in [1.165, 1.54) is 6.08 Å². The molecule has 0 saturated heterocycles. The van der Waals surface area contributed by atoms with E-state index in [1.807, 2.05) is 0 Å². The molecule has 14 heavy (non-hydrogen) atoms. The molecule has 1 aromatic heterocycles. The van der Waals surface area contributed by atoms with Gasteiger partial charge in [-0.15, -0.1) is 0 Å². The number of nitrogens with one attached hydrogen (secondary N) is 1. The number of carbonyl (C=O) groups excluding carboxylic acids is 1. The van der Waals surface area contributed by atoms with Crippen molar-refractivity contribution in [2.75, 3.05) is 13.2 Å². The van der Waals surface area contributed by atoms with Crippen molar-refractivity contribution in [2.45, 2.75) is 0 Å². The summed E-state index contributed by atoms with van der Waals surface area (Å²) >= 11 is 0. The second-order valence-electron chi connectivity index (χ2n) is 2.73. The first-order valence-electron chi connectivity index (χ1n) is 4.29. The van der Waals surface area contributed by atoms with Crippen LogP contribution in [0.3, 0.4) is 0 Å². The number of hydrogen-bond acceptors (Lipinski definition) is 3. The van der Waals surface area contributed by atoms with E-state index in [2.05, 4.69) is 10.4 Å². The van der Waals surface area contributed by atoms with E-state index in [0.29, 0.717) is 0 Å². The molecule has 0 aliphatic heterocycles. The normalized spacial score (nSPS) is 10.7. The Morgan fingerprint density at radius 2 is 2.57 bits per heavy atom. The summed E-state index contributed by atoms with van der Waals surface area (Å²) in [6, 6.07) is 1.80. The molecular formula is C9H13N3O2. The molecule has 0 spiro atoms. The first-order valence-corrected chi connectivity index (χ1v) is 4.29. The molecular weight excluding hydrogens is 182 g/mol. The van der Waals surface area contributed by atoms with Gasteiger partial charge in [0, 0.05) is 25.9 Å². The Morgan fingerprint density at radius 3 is 3.14 bits per heavy atom. The Labute approximate surface area is 82.0 Å². The summed E-state index contributed by atoms with van der Waals surface area (Å²) < 4.78 is 1.66. The van der Waals surface area contributed by atoms with Crippen LogP contribution in [-0.2, 0) is 11.8 Å². The van der Waals surface area contributed by atoms with Crippen molar-refractivity contribution in [2.24, 2.45) is 7.05 Å². The van der Waals surface area contributed by atoms with Crippen molar-refractivity contribution in [3.63, 3.8) is 0 Å².